The summed E-state index contributed by atoms with van der Waals surface area (Å²) in [5.41, 5.74) is 2.21. The molecule has 2 aromatic rings. The van der Waals surface area contributed by atoms with Crippen LogP contribution in [0.25, 0.3) is 0 Å². The lowest BCUT2D eigenvalue weighted by atomic mass is 9.87. The first kappa shape index (κ1) is 20.3. The smallest absolute Gasteiger partial charge is 0.243 e. The monoisotopic (exact) mass is 407 g/mol. The van der Waals surface area contributed by atoms with Gasteiger partial charge in [-0.3, -0.25) is 4.90 Å². The molecule has 1 aliphatic rings. The molecular formula is C20H26ClN3O2S. The molecule has 7 heteroatoms. The Morgan fingerprint density at radius 1 is 1.00 bits per heavy atom. The van der Waals surface area contributed by atoms with Crippen LogP contribution in [0.4, 0.5) is 0 Å². The molecule has 1 aromatic heterocycles. The zero-order valence-corrected chi connectivity index (χ0v) is 17.6. The predicted octanol–water partition coefficient (Wildman–Crippen LogP) is 3.54. The fourth-order valence-corrected chi connectivity index (χ4v) is 4.70. The summed E-state index contributed by atoms with van der Waals surface area (Å²) in [6, 6.07) is 11.0. The number of hydrogen-bond donors (Lipinski definition) is 0. The van der Waals surface area contributed by atoms with Crippen LogP contribution in [0, 0.1) is 0 Å². The Kier molecular flexibility index (Phi) is 5.91. The van der Waals surface area contributed by atoms with E-state index in [-0.39, 0.29) is 5.41 Å². The molecule has 0 radical (unpaired) electrons. The Morgan fingerprint density at radius 2 is 1.63 bits per heavy atom. The average Bonchev–Trinajstić information content (AvgIpc) is 2.63. The first-order valence-electron chi connectivity index (χ1n) is 9.10. The normalized spacial score (nSPS) is 17.2. The number of aromatic nitrogens is 1. The summed E-state index contributed by atoms with van der Waals surface area (Å²) in [5, 5.41) is 0.479. The summed E-state index contributed by atoms with van der Waals surface area (Å²) in [7, 11) is -3.45. The SMILES string of the molecule is CC(C)(C)c1ccc(S(=O)(=O)N2CCN(Cc3ccc(Cl)nc3)CC2)cc1. The van der Waals surface area contributed by atoms with E-state index >= 15 is 0 Å². The quantitative estimate of drug-likeness (QED) is 0.727. The van der Waals surface area contributed by atoms with E-state index in [9.17, 15) is 8.42 Å². The minimum absolute atomic E-state index is 0.00441. The van der Waals surface area contributed by atoms with Gasteiger partial charge in [0, 0.05) is 38.9 Å². The second-order valence-corrected chi connectivity index (χ2v) is 10.3. The molecule has 0 atom stereocenters. The van der Waals surface area contributed by atoms with Crippen molar-refractivity contribution in [3.63, 3.8) is 0 Å². The number of hydrogen-bond acceptors (Lipinski definition) is 4. The highest BCUT2D eigenvalue weighted by Crippen LogP contribution is 2.25. The second-order valence-electron chi connectivity index (χ2n) is 7.94. The maximum atomic E-state index is 12.9. The van der Waals surface area contributed by atoms with Gasteiger partial charge in [0.15, 0.2) is 0 Å². The van der Waals surface area contributed by atoms with Gasteiger partial charge in [-0.25, -0.2) is 13.4 Å². The minimum Gasteiger partial charge on any atom is -0.296 e. The molecular weight excluding hydrogens is 382 g/mol. The second kappa shape index (κ2) is 7.87. The van der Waals surface area contributed by atoms with Crippen LogP contribution in [-0.2, 0) is 22.0 Å². The van der Waals surface area contributed by atoms with Crippen molar-refractivity contribution in [2.75, 3.05) is 26.2 Å². The van der Waals surface area contributed by atoms with Crippen LogP contribution in [-0.4, -0.2) is 48.8 Å². The number of benzene rings is 1. The van der Waals surface area contributed by atoms with E-state index in [4.69, 9.17) is 11.6 Å². The first-order valence-corrected chi connectivity index (χ1v) is 10.9. The highest BCUT2D eigenvalue weighted by molar-refractivity contribution is 7.89. The molecule has 0 N–H and O–H groups in total. The van der Waals surface area contributed by atoms with E-state index in [1.165, 1.54) is 0 Å². The summed E-state index contributed by atoms with van der Waals surface area (Å²) in [6.45, 7) is 9.47. The standard InChI is InChI=1S/C20H26ClN3O2S/c1-20(2,3)17-5-7-18(8-6-17)27(25,26)24-12-10-23(11-13-24)15-16-4-9-19(21)22-14-16/h4-9,14H,10-13,15H2,1-3H3. The largest absolute Gasteiger partial charge is 0.296 e. The minimum atomic E-state index is -3.45. The van der Waals surface area contributed by atoms with Gasteiger partial charge in [0.2, 0.25) is 10.0 Å². The summed E-state index contributed by atoms with van der Waals surface area (Å²) < 4.78 is 27.4. The van der Waals surface area contributed by atoms with Gasteiger partial charge < -0.3 is 0 Å². The lowest BCUT2D eigenvalue weighted by Gasteiger charge is -2.34. The Bertz CT molecular complexity index is 867. The topological polar surface area (TPSA) is 53.5 Å². The highest BCUT2D eigenvalue weighted by atomic mass is 35.5. The van der Waals surface area contributed by atoms with E-state index < -0.39 is 10.0 Å². The third kappa shape index (κ3) is 4.88. The number of halogens is 1. The van der Waals surface area contributed by atoms with Crippen molar-refractivity contribution < 1.29 is 8.42 Å². The molecule has 0 bridgehead atoms. The van der Waals surface area contributed by atoms with Crippen molar-refractivity contribution >= 4 is 21.6 Å². The number of sulfonamides is 1. The van der Waals surface area contributed by atoms with Crippen LogP contribution in [0.5, 0.6) is 0 Å². The van der Waals surface area contributed by atoms with Gasteiger partial charge >= 0.3 is 0 Å². The summed E-state index contributed by atoms with van der Waals surface area (Å²) in [6.07, 6.45) is 1.77. The van der Waals surface area contributed by atoms with Crippen LogP contribution >= 0.6 is 11.6 Å². The van der Waals surface area contributed by atoms with E-state index in [1.54, 1.807) is 28.7 Å². The van der Waals surface area contributed by atoms with Gasteiger partial charge in [-0.1, -0.05) is 50.6 Å². The van der Waals surface area contributed by atoms with E-state index in [2.05, 4.69) is 30.7 Å². The molecule has 0 saturated carbocycles. The van der Waals surface area contributed by atoms with Crippen molar-refractivity contribution in [2.45, 2.75) is 37.6 Å². The fourth-order valence-electron chi connectivity index (χ4n) is 3.16. The molecule has 27 heavy (non-hydrogen) atoms. The van der Waals surface area contributed by atoms with E-state index in [1.807, 2.05) is 18.2 Å². The number of piperazine rings is 1. The van der Waals surface area contributed by atoms with Crippen LogP contribution in [0.1, 0.15) is 31.9 Å². The van der Waals surface area contributed by atoms with Crippen molar-refractivity contribution in [1.29, 1.82) is 0 Å². The van der Waals surface area contributed by atoms with Crippen molar-refractivity contribution in [3.05, 3.63) is 58.9 Å². The van der Waals surface area contributed by atoms with Crippen LogP contribution in [0.3, 0.4) is 0 Å². The Balaban J connectivity index is 1.63. The molecule has 0 aliphatic carbocycles. The molecule has 2 heterocycles. The van der Waals surface area contributed by atoms with E-state index in [0.717, 1.165) is 17.7 Å². The fraction of sp³-hybridized carbons (Fsp3) is 0.450. The maximum absolute atomic E-state index is 12.9. The zero-order chi connectivity index (χ0) is 19.7. The molecule has 1 fully saturated rings. The Morgan fingerprint density at radius 3 is 2.15 bits per heavy atom. The maximum Gasteiger partial charge on any atom is 0.243 e. The third-order valence-electron chi connectivity index (χ3n) is 4.88. The van der Waals surface area contributed by atoms with Gasteiger partial charge in [0.05, 0.1) is 4.90 Å². The van der Waals surface area contributed by atoms with Gasteiger partial charge in [-0.15, -0.1) is 0 Å². The van der Waals surface area contributed by atoms with Crippen LogP contribution in [0.2, 0.25) is 5.15 Å². The van der Waals surface area contributed by atoms with Crippen molar-refractivity contribution in [3.8, 4) is 0 Å². The van der Waals surface area contributed by atoms with E-state index in [0.29, 0.717) is 36.2 Å². The lowest BCUT2D eigenvalue weighted by Crippen LogP contribution is -2.48. The van der Waals surface area contributed by atoms with Crippen molar-refractivity contribution in [2.24, 2.45) is 0 Å². The van der Waals surface area contributed by atoms with Gasteiger partial charge in [0.25, 0.3) is 0 Å². The summed E-state index contributed by atoms with van der Waals surface area (Å²) >= 11 is 5.82. The third-order valence-corrected chi connectivity index (χ3v) is 7.02. The number of nitrogens with zero attached hydrogens (tertiary/aromatic N) is 3. The molecule has 146 valence electrons. The number of pyridine rings is 1. The van der Waals surface area contributed by atoms with Crippen LogP contribution < -0.4 is 0 Å². The molecule has 3 rings (SSSR count). The molecule has 0 unspecified atom stereocenters. The Labute approximate surface area is 167 Å². The summed E-state index contributed by atoms with van der Waals surface area (Å²) in [5.74, 6) is 0. The van der Waals surface area contributed by atoms with Gasteiger partial charge in [0.1, 0.15) is 5.15 Å². The number of rotatable bonds is 4. The average molecular weight is 408 g/mol. The Hall–Kier alpha value is -1.47. The molecule has 1 saturated heterocycles. The molecule has 1 aliphatic heterocycles. The molecule has 0 amide bonds. The highest BCUT2D eigenvalue weighted by Gasteiger charge is 2.28. The lowest BCUT2D eigenvalue weighted by molar-refractivity contribution is 0.181. The predicted molar refractivity (Wildman–Crippen MR) is 108 cm³/mol. The molecule has 5 nitrogen and oxygen atoms in total. The van der Waals surface area contributed by atoms with Gasteiger partial charge in [-0.05, 0) is 34.7 Å². The summed E-state index contributed by atoms with van der Waals surface area (Å²) in [4.78, 5) is 6.70. The van der Waals surface area contributed by atoms with Crippen LogP contribution in [0.15, 0.2) is 47.5 Å². The first-order chi connectivity index (χ1) is 12.7. The molecule has 0 spiro atoms. The molecule has 1 aromatic carbocycles. The zero-order valence-electron chi connectivity index (χ0n) is 16.0. The van der Waals surface area contributed by atoms with Gasteiger partial charge in [-0.2, -0.15) is 4.31 Å². The van der Waals surface area contributed by atoms with Crippen molar-refractivity contribution in [1.82, 2.24) is 14.2 Å².